The molecule has 2 atom stereocenters. The minimum absolute atomic E-state index is 0.0304. The standard InChI is InChI=1S/C15H19NO3/c1-18-13-7-3-2-6-12(13)15(17)14-9-16-8-4-5-11(16)10-19-14/h2-3,6-7,11,14H,4-5,8-10H2,1H3. The van der Waals surface area contributed by atoms with E-state index >= 15 is 0 Å². The van der Waals surface area contributed by atoms with Crippen molar-refractivity contribution in [2.24, 2.45) is 0 Å². The van der Waals surface area contributed by atoms with E-state index in [1.807, 2.05) is 18.2 Å². The van der Waals surface area contributed by atoms with E-state index in [1.165, 1.54) is 12.8 Å². The number of rotatable bonds is 3. The third-order valence-corrected chi connectivity index (χ3v) is 4.05. The molecule has 0 radical (unpaired) electrons. The van der Waals surface area contributed by atoms with Gasteiger partial charge in [-0.15, -0.1) is 0 Å². The molecule has 4 nitrogen and oxygen atoms in total. The molecule has 102 valence electrons. The highest BCUT2D eigenvalue weighted by molar-refractivity contribution is 6.02. The highest BCUT2D eigenvalue weighted by Gasteiger charge is 2.36. The number of Topliss-reactive ketones (excluding diaryl/α,β-unsaturated/α-hetero) is 1. The van der Waals surface area contributed by atoms with E-state index in [0.717, 1.165) is 6.54 Å². The van der Waals surface area contributed by atoms with Crippen molar-refractivity contribution in [3.8, 4) is 5.75 Å². The molecule has 0 N–H and O–H groups in total. The van der Waals surface area contributed by atoms with Gasteiger partial charge in [-0.3, -0.25) is 9.69 Å². The van der Waals surface area contributed by atoms with Gasteiger partial charge in [0.05, 0.1) is 19.3 Å². The van der Waals surface area contributed by atoms with Gasteiger partial charge in [-0.1, -0.05) is 12.1 Å². The fraction of sp³-hybridized carbons (Fsp3) is 0.533. The van der Waals surface area contributed by atoms with Crippen LogP contribution in [0.1, 0.15) is 23.2 Å². The van der Waals surface area contributed by atoms with Gasteiger partial charge < -0.3 is 9.47 Å². The molecule has 0 bridgehead atoms. The first-order valence-corrected chi connectivity index (χ1v) is 6.82. The number of para-hydroxylation sites is 1. The molecule has 2 unspecified atom stereocenters. The Hall–Kier alpha value is -1.39. The molecule has 0 aromatic heterocycles. The number of fused-ring (bicyclic) bond motifs is 1. The minimum atomic E-state index is -0.356. The van der Waals surface area contributed by atoms with Crippen molar-refractivity contribution in [1.82, 2.24) is 4.90 Å². The molecule has 2 heterocycles. The molecular weight excluding hydrogens is 242 g/mol. The zero-order valence-electron chi connectivity index (χ0n) is 11.2. The van der Waals surface area contributed by atoms with E-state index in [0.29, 0.717) is 30.5 Å². The van der Waals surface area contributed by atoms with Crippen molar-refractivity contribution in [2.75, 3.05) is 26.8 Å². The van der Waals surface area contributed by atoms with Gasteiger partial charge in [-0.2, -0.15) is 0 Å². The summed E-state index contributed by atoms with van der Waals surface area (Å²) in [5.74, 6) is 0.655. The number of hydrogen-bond donors (Lipinski definition) is 0. The van der Waals surface area contributed by atoms with Crippen molar-refractivity contribution < 1.29 is 14.3 Å². The molecule has 2 aliphatic heterocycles. The molecule has 0 aliphatic carbocycles. The van der Waals surface area contributed by atoms with Crippen LogP contribution in [0.5, 0.6) is 5.75 Å². The molecule has 1 aromatic rings. The average molecular weight is 261 g/mol. The number of hydrogen-bond acceptors (Lipinski definition) is 4. The molecule has 0 saturated carbocycles. The van der Waals surface area contributed by atoms with Gasteiger partial charge >= 0.3 is 0 Å². The van der Waals surface area contributed by atoms with Crippen molar-refractivity contribution in [1.29, 1.82) is 0 Å². The van der Waals surface area contributed by atoms with E-state index < -0.39 is 0 Å². The smallest absolute Gasteiger partial charge is 0.196 e. The van der Waals surface area contributed by atoms with Crippen molar-refractivity contribution in [3.63, 3.8) is 0 Å². The van der Waals surface area contributed by atoms with Crippen LogP contribution in [-0.2, 0) is 4.74 Å². The van der Waals surface area contributed by atoms with E-state index in [9.17, 15) is 4.79 Å². The van der Waals surface area contributed by atoms with Crippen LogP contribution in [0.15, 0.2) is 24.3 Å². The molecule has 0 spiro atoms. The summed E-state index contributed by atoms with van der Waals surface area (Å²) in [6.45, 7) is 2.47. The Morgan fingerprint density at radius 1 is 1.42 bits per heavy atom. The zero-order valence-corrected chi connectivity index (χ0v) is 11.2. The predicted molar refractivity (Wildman–Crippen MR) is 71.7 cm³/mol. The van der Waals surface area contributed by atoms with Crippen LogP contribution in [0.4, 0.5) is 0 Å². The second kappa shape index (κ2) is 5.31. The summed E-state index contributed by atoms with van der Waals surface area (Å²) in [4.78, 5) is 14.9. The fourth-order valence-electron chi connectivity index (χ4n) is 3.00. The lowest BCUT2D eigenvalue weighted by atomic mass is 10.0. The molecular formula is C15H19NO3. The van der Waals surface area contributed by atoms with Gasteiger partial charge in [0.25, 0.3) is 0 Å². The first kappa shape index (κ1) is 12.6. The van der Waals surface area contributed by atoms with Crippen molar-refractivity contribution in [3.05, 3.63) is 29.8 Å². The monoisotopic (exact) mass is 261 g/mol. The van der Waals surface area contributed by atoms with Crippen LogP contribution in [0.3, 0.4) is 0 Å². The highest BCUT2D eigenvalue weighted by atomic mass is 16.5. The quantitative estimate of drug-likeness (QED) is 0.777. The minimum Gasteiger partial charge on any atom is -0.496 e. The number of benzene rings is 1. The Morgan fingerprint density at radius 3 is 3.11 bits per heavy atom. The molecule has 1 aromatic carbocycles. The number of ether oxygens (including phenoxy) is 2. The lowest BCUT2D eigenvalue weighted by molar-refractivity contribution is -0.0345. The first-order valence-electron chi connectivity index (χ1n) is 6.82. The van der Waals surface area contributed by atoms with Crippen molar-refractivity contribution in [2.45, 2.75) is 25.0 Å². The number of ketones is 1. The summed E-state index contributed by atoms with van der Waals surface area (Å²) in [7, 11) is 1.59. The summed E-state index contributed by atoms with van der Waals surface area (Å²) in [5, 5.41) is 0. The maximum atomic E-state index is 12.5. The first-order chi connectivity index (χ1) is 9.29. The topological polar surface area (TPSA) is 38.8 Å². The van der Waals surface area contributed by atoms with E-state index in [2.05, 4.69) is 4.90 Å². The highest BCUT2D eigenvalue weighted by Crippen LogP contribution is 2.26. The lowest BCUT2D eigenvalue weighted by Crippen LogP contribution is -2.49. The SMILES string of the molecule is COc1ccccc1C(=O)C1CN2CCCC2CO1. The van der Waals surface area contributed by atoms with Gasteiger partial charge in [0.1, 0.15) is 11.9 Å². The molecule has 2 aliphatic rings. The van der Waals surface area contributed by atoms with Crippen LogP contribution in [0, 0.1) is 0 Å². The Morgan fingerprint density at radius 2 is 2.26 bits per heavy atom. The largest absolute Gasteiger partial charge is 0.496 e. The Bertz CT molecular complexity index is 474. The number of carbonyl (C=O) groups is 1. The summed E-state index contributed by atoms with van der Waals surface area (Å²) in [6, 6.07) is 7.86. The molecule has 3 rings (SSSR count). The summed E-state index contributed by atoms with van der Waals surface area (Å²) >= 11 is 0. The van der Waals surface area contributed by atoms with Crippen molar-refractivity contribution >= 4 is 5.78 Å². The second-order valence-corrected chi connectivity index (χ2v) is 5.18. The van der Waals surface area contributed by atoms with E-state index in [1.54, 1.807) is 13.2 Å². The van der Waals surface area contributed by atoms with Crippen LogP contribution in [0.25, 0.3) is 0 Å². The number of morpholine rings is 1. The van der Waals surface area contributed by atoms with E-state index in [4.69, 9.17) is 9.47 Å². The van der Waals surface area contributed by atoms with Gasteiger partial charge in [0.15, 0.2) is 5.78 Å². The van der Waals surface area contributed by atoms with Crippen LogP contribution >= 0.6 is 0 Å². The summed E-state index contributed by atoms with van der Waals surface area (Å²) < 4.78 is 11.0. The Balaban J connectivity index is 1.76. The summed E-state index contributed by atoms with van der Waals surface area (Å²) in [6.07, 6.45) is 2.05. The molecule has 0 amide bonds. The third-order valence-electron chi connectivity index (χ3n) is 4.05. The van der Waals surface area contributed by atoms with Gasteiger partial charge in [-0.05, 0) is 31.5 Å². The van der Waals surface area contributed by atoms with Gasteiger partial charge in [-0.25, -0.2) is 0 Å². The average Bonchev–Trinajstić information content (AvgIpc) is 2.93. The van der Waals surface area contributed by atoms with Gasteiger partial charge in [0.2, 0.25) is 0 Å². The Kier molecular flexibility index (Phi) is 3.53. The van der Waals surface area contributed by atoms with Crippen LogP contribution < -0.4 is 4.74 Å². The zero-order chi connectivity index (χ0) is 13.2. The second-order valence-electron chi connectivity index (χ2n) is 5.18. The Labute approximate surface area is 113 Å². The number of carbonyl (C=O) groups excluding carboxylic acids is 1. The van der Waals surface area contributed by atoms with Gasteiger partial charge in [0, 0.05) is 12.6 Å². The molecule has 2 fully saturated rings. The molecule has 4 heteroatoms. The summed E-state index contributed by atoms with van der Waals surface area (Å²) in [5.41, 5.74) is 0.618. The van der Waals surface area contributed by atoms with Crippen LogP contribution in [-0.4, -0.2) is 49.6 Å². The predicted octanol–water partition coefficient (Wildman–Crippen LogP) is 1.74. The molecule has 2 saturated heterocycles. The van der Waals surface area contributed by atoms with E-state index in [-0.39, 0.29) is 11.9 Å². The lowest BCUT2D eigenvalue weighted by Gasteiger charge is -2.34. The maximum Gasteiger partial charge on any atom is 0.196 e. The number of methoxy groups -OCH3 is 1. The normalized spacial score (nSPS) is 27.0. The van der Waals surface area contributed by atoms with Crippen LogP contribution in [0.2, 0.25) is 0 Å². The third kappa shape index (κ3) is 2.38. The fourth-order valence-corrected chi connectivity index (χ4v) is 3.00. The maximum absolute atomic E-state index is 12.5. The number of nitrogens with zero attached hydrogens (tertiary/aromatic N) is 1. The molecule has 19 heavy (non-hydrogen) atoms.